The summed E-state index contributed by atoms with van der Waals surface area (Å²) < 4.78 is 10.8. The Balaban J connectivity index is 0.00000312. The summed E-state index contributed by atoms with van der Waals surface area (Å²) >= 11 is 0. The molecule has 0 radical (unpaired) electrons. The zero-order chi connectivity index (χ0) is 17.0. The van der Waals surface area contributed by atoms with E-state index in [0.717, 1.165) is 84.0 Å². The van der Waals surface area contributed by atoms with E-state index in [9.17, 15) is 0 Å². The molecule has 0 aromatic carbocycles. The molecular weight excluding hydrogens is 431 g/mol. The van der Waals surface area contributed by atoms with Crippen molar-refractivity contribution in [2.24, 2.45) is 10.9 Å². The summed E-state index contributed by atoms with van der Waals surface area (Å²) in [6.07, 6.45) is 4.77. The molecule has 1 N–H and O–H groups in total. The number of hydrogen-bond acceptors (Lipinski definition) is 4. The molecule has 2 aliphatic rings. The molecule has 25 heavy (non-hydrogen) atoms. The Morgan fingerprint density at radius 1 is 1.16 bits per heavy atom. The lowest BCUT2D eigenvalue weighted by Gasteiger charge is -2.27. The monoisotopic (exact) mass is 468 g/mol. The molecule has 0 atom stereocenters. The summed E-state index contributed by atoms with van der Waals surface area (Å²) in [5.41, 5.74) is 0. The topological polar surface area (TPSA) is 49.3 Å². The van der Waals surface area contributed by atoms with Crippen LogP contribution in [0.1, 0.15) is 32.6 Å². The van der Waals surface area contributed by atoms with Gasteiger partial charge in [-0.05, 0) is 38.5 Å². The maximum Gasteiger partial charge on any atom is 0.193 e. The van der Waals surface area contributed by atoms with Gasteiger partial charge in [0.1, 0.15) is 0 Å². The van der Waals surface area contributed by atoms with Gasteiger partial charge in [0.2, 0.25) is 0 Å². The van der Waals surface area contributed by atoms with Crippen molar-refractivity contribution in [3.8, 4) is 0 Å². The molecule has 7 heteroatoms. The first-order valence-corrected chi connectivity index (χ1v) is 9.67. The van der Waals surface area contributed by atoms with Crippen LogP contribution in [0.25, 0.3) is 0 Å². The van der Waals surface area contributed by atoms with E-state index in [4.69, 9.17) is 14.5 Å². The fourth-order valence-corrected chi connectivity index (χ4v) is 3.29. The van der Waals surface area contributed by atoms with Gasteiger partial charge in [-0.15, -0.1) is 24.0 Å². The molecule has 0 aromatic rings. The molecule has 2 saturated heterocycles. The summed E-state index contributed by atoms with van der Waals surface area (Å²) in [7, 11) is 2.16. The van der Waals surface area contributed by atoms with E-state index in [1.54, 1.807) is 0 Å². The van der Waals surface area contributed by atoms with Crippen LogP contribution in [0.5, 0.6) is 0 Å². The third-order valence-electron chi connectivity index (χ3n) is 4.91. The maximum atomic E-state index is 5.45. The molecule has 2 heterocycles. The second kappa shape index (κ2) is 14.0. The highest BCUT2D eigenvalue weighted by atomic mass is 127. The second-order valence-corrected chi connectivity index (χ2v) is 6.81. The fraction of sp³-hybridized carbons (Fsp3) is 0.944. The van der Waals surface area contributed by atoms with Gasteiger partial charge in [0.25, 0.3) is 0 Å². The van der Waals surface area contributed by atoms with Crippen molar-refractivity contribution in [2.45, 2.75) is 32.6 Å². The summed E-state index contributed by atoms with van der Waals surface area (Å²) in [4.78, 5) is 9.57. The Kier molecular flexibility index (Phi) is 12.8. The smallest absolute Gasteiger partial charge is 0.193 e. The molecule has 0 saturated carbocycles. The molecule has 6 nitrogen and oxygen atoms in total. The molecular formula is C18H37IN4O2. The van der Waals surface area contributed by atoms with Crippen LogP contribution in [0.2, 0.25) is 0 Å². The highest BCUT2D eigenvalue weighted by Crippen LogP contribution is 2.18. The third kappa shape index (κ3) is 9.40. The van der Waals surface area contributed by atoms with Crippen LogP contribution in [-0.2, 0) is 9.47 Å². The zero-order valence-corrected chi connectivity index (χ0v) is 18.4. The molecule has 148 valence electrons. The predicted octanol–water partition coefficient (Wildman–Crippen LogP) is 2.04. The number of halogens is 1. The van der Waals surface area contributed by atoms with Crippen molar-refractivity contribution in [2.75, 3.05) is 72.7 Å². The number of aliphatic imine (C=N–C) groups is 1. The first kappa shape index (κ1) is 22.9. The number of guanidine groups is 1. The van der Waals surface area contributed by atoms with Crippen molar-refractivity contribution in [1.82, 2.24) is 15.1 Å². The Morgan fingerprint density at radius 2 is 1.84 bits per heavy atom. The molecule has 0 aliphatic carbocycles. The summed E-state index contributed by atoms with van der Waals surface area (Å²) in [6.45, 7) is 11.9. The van der Waals surface area contributed by atoms with E-state index < -0.39 is 0 Å². The van der Waals surface area contributed by atoms with Crippen LogP contribution in [0.3, 0.4) is 0 Å². The molecule has 2 aliphatic heterocycles. The lowest BCUT2D eigenvalue weighted by atomic mass is 9.96. The Hall–Kier alpha value is -0.120. The number of rotatable bonds is 8. The first-order valence-electron chi connectivity index (χ1n) is 9.67. The van der Waals surface area contributed by atoms with E-state index >= 15 is 0 Å². The Bertz CT molecular complexity index is 359. The van der Waals surface area contributed by atoms with Crippen molar-refractivity contribution in [1.29, 1.82) is 0 Å². The Labute approximate surface area is 170 Å². The summed E-state index contributed by atoms with van der Waals surface area (Å²) in [5.74, 6) is 1.86. The van der Waals surface area contributed by atoms with Gasteiger partial charge in [0.05, 0.1) is 13.2 Å². The van der Waals surface area contributed by atoms with Gasteiger partial charge in [-0.3, -0.25) is 9.89 Å². The van der Waals surface area contributed by atoms with Crippen molar-refractivity contribution >= 4 is 29.9 Å². The quantitative estimate of drug-likeness (QED) is 0.256. The van der Waals surface area contributed by atoms with Crippen molar-refractivity contribution in [3.05, 3.63) is 0 Å². The van der Waals surface area contributed by atoms with E-state index in [1.807, 2.05) is 0 Å². The average Bonchev–Trinajstić information content (AvgIpc) is 2.64. The van der Waals surface area contributed by atoms with Gasteiger partial charge in [-0.1, -0.05) is 0 Å². The number of nitrogens with one attached hydrogen (secondary N) is 1. The van der Waals surface area contributed by atoms with E-state index in [1.165, 1.54) is 19.3 Å². The number of nitrogens with zero attached hydrogens (tertiary/aromatic N) is 3. The standard InChI is InChI=1S/C18H36N4O2.HI/c1-3-19-18(20-8-4-9-22-11-15-24-16-12-22)21(2)10-5-17-6-13-23-14-7-17;/h17H,3-16H2,1-2H3,(H,19,20);1H. The van der Waals surface area contributed by atoms with E-state index in [2.05, 4.69) is 29.1 Å². The van der Waals surface area contributed by atoms with Crippen molar-refractivity contribution < 1.29 is 9.47 Å². The van der Waals surface area contributed by atoms with Crippen molar-refractivity contribution in [3.63, 3.8) is 0 Å². The lowest BCUT2D eigenvalue weighted by Crippen LogP contribution is -2.40. The van der Waals surface area contributed by atoms with Crippen LogP contribution in [0.15, 0.2) is 4.99 Å². The zero-order valence-electron chi connectivity index (χ0n) is 16.0. The SMILES string of the molecule is CCNC(=NCCCN1CCOCC1)N(C)CCC1CCOCC1.I. The summed E-state index contributed by atoms with van der Waals surface area (Å²) in [6, 6.07) is 0. The summed E-state index contributed by atoms with van der Waals surface area (Å²) in [5, 5.41) is 3.43. The van der Waals surface area contributed by atoms with Gasteiger partial charge >= 0.3 is 0 Å². The maximum absolute atomic E-state index is 5.45. The number of ether oxygens (including phenoxy) is 2. The van der Waals surface area contributed by atoms with Crippen LogP contribution in [0, 0.1) is 5.92 Å². The van der Waals surface area contributed by atoms with E-state index in [-0.39, 0.29) is 24.0 Å². The minimum atomic E-state index is 0. The van der Waals surface area contributed by atoms with Gasteiger partial charge in [-0.2, -0.15) is 0 Å². The van der Waals surface area contributed by atoms with Crippen LogP contribution in [0.4, 0.5) is 0 Å². The van der Waals surface area contributed by atoms with Crippen LogP contribution in [-0.4, -0.2) is 88.5 Å². The minimum Gasteiger partial charge on any atom is -0.381 e. The van der Waals surface area contributed by atoms with Gasteiger partial charge in [0, 0.05) is 59.5 Å². The van der Waals surface area contributed by atoms with Gasteiger partial charge in [0.15, 0.2) is 5.96 Å². The molecule has 0 bridgehead atoms. The lowest BCUT2D eigenvalue weighted by molar-refractivity contribution is 0.0377. The second-order valence-electron chi connectivity index (χ2n) is 6.81. The average molecular weight is 468 g/mol. The minimum absolute atomic E-state index is 0. The van der Waals surface area contributed by atoms with Crippen LogP contribution < -0.4 is 5.32 Å². The predicted molar refractivity (Wildman–Crippen MR) is 114 cm³/mol. The van der Waals surface area contributed by atoms with Gasteiger partial charge < -0.3 is 19.7 Å². The molecule has 0 amide bonds. The van der Waals surface area contributed by atoms with Crippen LogP contribution >= 0.6 is 24.0 Å². The van der Waals surface area contributed by atoms with Gasteiger partial charge in [-0.25, -0.2) is 0 Å². The molecule has 2 fully saturated rings. The fourth-order valence-electron chi connectivity index (χ4n) is 3.29. The number of morpholine rings is 1. The molecule has 0 aromatic heterocycles. The first-order chi connectivity index (χ1) is 11.8. The highest BCUT2D eigenvalue weighted by Gasteiger charge is 2.15. The molecule has 0 unspecified atom stereocenters. The molecule has 0 spiro atoms. The number of hydrogen-bond donors (Lipinski definition) is 1. The largest absolute Gasteiger partial charge is 0.381 e. The Morgan fingerprint density at radius 3 is 2.52 bits per heavy atom. The third-order valence-corrected chi connectivity index (χ3v) is 4.91. The molecule has 2 rings (SSSR count). The normalized spacial score (nSPS) is 20.2. The van der Waals surface area contributed by atoms with E-state index in [0.29, 0.717) is 0 Å². The highest BCUT2D eigenvalue weighted by molar-refractivity contribution is 14.0.